The summed E-state index contributed by atoms with van der Waals surface area (Å²) in [6.07, 6.45) is 1.18. The van der Waals surface area contributed by atoms with Crippen molar-refractivity contribution in [3.05, 3.63) is 34.1 Å². The SMILES string of the molecule is CC1OC(C)C(C(N)Cc2ccc(F)c(Br)c2)C1C. The third-order valence-corrected chi connectivity index (χ3v) is 4.88. The predicted molar refractivity (Wildman–Crippen MR) is 78.4 cm³/mol. The Morgan fingerprint density at radius 1 is 1.32 bits per heavy atom. The van der Waals surface area contributed by atoms with Crippen molar-refractivity contribution in [1.29, 1.82) is 0 Å². The van der Waals surface area contributed by atoms with E-state index in [0.29, 0.717) is 16.3 Å². The lowest BCUT2D eigenvalue weighted by Crippen LogP contribution is -2.39. The molecule has 106 valence electrons. The molecule has 1 aromatic carbocycles. The third kappa shape index (κ3) is 3.18. The van der Waals surface area contributed by atoms with E-state index in [9.17, 15) is 4.39 Å². The van der Waals surface area contributed by atoms with Gasteiger partial charge in [-0.05, 0) is 59.8 Å². The number of benzene rings is 1. The van der Waals surface area contributed by atoms with E-state index in [1.807, 2.05) is 6.07 Å². The summed E-state index contributed by atoms with van der Waals surface area (Å²) < 4.78 is 19.5. The lowest BCUT2D eigenvalue weighted by molar-refractivity contribution is 0.0490. The maximum Gasteiger partial charge on any atom is 0.137 e. The summed E-state index contributed by atoms with van der Waals surface area (Å²) in [5.74, 6) is 0.560. The van der Waals surface area contributed by atoms with Gasteiger partial charge in [0, 0.05) is 12.0 Å². The van der Waals surface area contributed by atoms with Gasteiger partial charge in [-0.1, -0.05) is 13.0 Å². The van der Waals surface area contributed by atoms with E-state index in [-0.39, 0.29) is 24.1 Å². The van der Waals surface area contributed by atoms with Gasteiger partial charge in [0.05, 0.1) is 16.7 Å². The van der Waals surface area contributed by atoms with Gasteiger partial charge in [-0.2, -0.15) is 0 Å². The third-order valence-electron chi connectivity index (χ3n) is 4.27. The first-order chi connectivity index (χ1) is 8.90. The lowest BCUT2D eigenvalue weighted by atomic mass is 9.81. The van der Waals surface area contributed by atoms with Crippen molar-refractivity contribution in [2.24, 2.45) is 17.6 Å². The van der Waals surface area contributed by atoms with E-state index in [4.69, 9.17) is 10.5 Å². The molecule has 1 heterocycles. The molecule has 2 rings (SSSR count). The molecule has 1 aliphatic rings. The molecule has 19 heavy (non-hydrogen) atoms. The number of hydrogen-bond donors (Lipinski definition) is 1. The number of halogens is 2. The second-order valence-electron chi connectivity index (χ2n) is 5.60. The standard InChI is InChI=1S/C15H21BrFNO/c1-8-9(2)19-10(3)15(8)14(18)7-11-4-5-13(17)12(16)6-11/h4-6,8-10,14-15H,7,18H2,1-3H3. The first-order valence-electron chi connectivity index (χ1n) is 6.75. The molecule has 0 aliphatic carbocycles. The van der Waals surface area contributed by atoms with Gasteiger partial charge in [0.25, 0.3) is 0 Å². The van der Waals surface area contributed by atoms with Crippen molar-refractivity contribution < 1.29 is 9.13 Å². The van der Waals surface area contributed by atoms with Crippen LogP contribution in [0.5, 0.6) is 0 Å². The maximum atomic E-state index is 13.2. The van der Waals surface area contributed by atoms with Crippen LogP contribution in [0.25, 0.3) is 0 Å². The van der Waals surface area contributed by atoms with Crippen LogP contribution in [0.4, 0.5) is 4.39 Å². The first kappa shape index (κ1) is 14.9. The summed E-state index contributed by atoms with van der Waals surface area (Å²) in [6.45, 7) is 6.38. The Kier molecular flexibility index (Phi) is 4.64. The molecule has 0 spiro atoms. The molecule has 0 radical (unpaired) electrons. The van der Waals surface area contributed by atoms with E-state index in [1.165, 1.54) is 6.07 Å². The van der Waals surface area contributed by atoms with E-state index in [2.05, 4.69) is 36.7 Å². The van der Waals surface area contributed by atoms with Gasteiger partial charge in [0.15, 0.2) is 0 Å². The van der Waals surface area contributed by atoms with Crippen molar-refractivity contribution in [3.63, 3.8) is 0 Å². The molecular formula is C15H21BrFNO. The van der Waals surface area contributed by atoms with Gasteiger partial charge in [0.1, 0.15) is 5.82 Å². The Bertz CT molecular complexity index is 454. The fraction of sp³-hybridized carbons (Fsp3) is 0.600. The zero-order valence-electron chi connectivity index (χ0n) is 11.6. The highest BCUT2D eigenvalue weighted by molar-refractivity contribution is 9.10. The summed E-state index contributed by atoms with van der Waals surface area (Å²) in [4.78, 5) is 0. The minimum Gasteiger partial charge on any atom is -0.375 e. The molecule has 0 bridgehead atoms. The van der Waals surface area contributed by atoms with Gasteiger partial charge >= 0.3 is 0 Å². The average molecular weight is 330 g/mol. The second kappa shape index (κ2) is 5.90. The van der Waals surface area contributed by atoms with Crippen LogP contribution in [-0.2, 0) is 11.2 Å². The maximum absolute atomic E-state index is 13.2. The van der Waals surface area contributed by atoms with Crippen LogP contribution in [0.2, 0.25) is 0 Å². The molecule has 5 unspecified atom stereocenters. The Hall–Kier alpha value is -0.450. The largest absolute Gasteiger partial charge is 0.375 e. The van der Waals surface area contributed by atoms with Gasteiger partial charge in [0.2, 0.25) is 0 Å². The summed E-state index contributed by atoms with van der Waals surface area (Å²) in [7, 11) is 0. The van der Waals surface area contributed by atoms with Gasteiger partial charge < -0.3 is 10.5 Å². The Morgan fingerprint density at radius 3 is 2.53 bits per heavy atom. The van der Waals surface area contributed by atoms with Gasteiger partial charge in [-0.25, -0.2) is 4.39 Å². The van der Waals surface area contributed by atoms with Crippen molar-refractivity contribution in [1.82, 2.24) is 0 Å². The Morgan fingerprint density at radius 2 is 2.00 bits per heavy atom. The molecule has 0 amide bonds. The van der Waals surface area contributed by atoms with E-state index in [0.717, 1.165) is 12.0 Å². The van der Waals surface area contributed by atoms with E-state index < -0.39 is 0 Å². The van der Waals surface area contributed by atoms with Crippen molar-refractivity contribution in [2.45, 2.75) is 45.4 Å². The minimum atomic E-state index is -0.239. The van der Waals surface area contributed by atoms with Crippen LogP contribution in [0.15, 0.2) is 22.7 Å². The molecule has 1 aliphatic heterocycles. The molecular weight excluding hydrogens is 309 g/mol. The summed E-state index contributed by atoms with van der Waals surface area (Å²) in [6, 6.07) is 5.12. The Balaban J connectivity index is 2.08. The van der Waals surface area contributed by atoms with Gasteiger partial charge in [-0.15, -0.1) is 0 Å². The molecule has 4 heteroatoms. The number of ether oxygens (including phenoxy) is 1. The first-order valence-corrected chi connectivity index (χ1v) is 7.54. The zero-order chi connectivity index (χ0) is 14.2. The van der Waals surface area contributed by atoms with Crippen LogP contribution in [0, 0.1) is 17.7 Å². The molecule has 1 saturated heterocycles. The number of nitrogens with two attached hydrogens (primary N) is 1. The van der Waals surface area contributed by atoms with E-state index >= 15 is 0 Å². The predicted octanol–water partition coefficient (Wildman–Crippen LogP) is 3.52. The Labute approximate surface area is 122 Å². The molecule has 2 nitrogen and oxygen atoms in total. The highest BCUT2D eigenvalue weighted by Crippen LogP contribution is 2.35. The van der Waals surface area contributed by atoms with Gasteiger partial charge in [-0.3, -0.25) is 0 Å². The van der Waals surface area contributed by atoms with Crippen LogP contribution in [0.3, 0.4) is 0 Å². The minimum absolute atomic E-state index is 0.0345. The fourth-order valence-electron chi connectivity index (χ4n) is 3.11. The van der Waals surface area contributed by atoms with Crippen LogP contribution in [-0.4, -0.2) is 18.2 Å². The highest BCUT2D eigenvalue weighted by Gasteiger charge is 2.40. The topological polar surface area (TPSA) is 35.2 Å². The second-order valence-corrected chi connectivity index (χ2v) is 6.45. The smallest absolute Gasteiger partial charge is 0.137 e. The number of rotatable bonds is 3. The average Bonchev–Trinajstić information content (AvgIpc) is 2.58. The van der Waals surface area contributed by atoms with Crippen LogP contribution >= 0.6 is 15.9 Å². The van der Waals surface area contributed by atoms with Crippen molar-refractivity contribution >= 4 is 15.9 Å². The number of hydrogen-bond acceptors (Lipinski definition) is 2. The molecule has 1 aromatic rings. The summed E-state index contributed by atoms with van der Waals surface area (Å²) in [5.41, 5.74) is 7.41. The molecule has 2 N–H and O–H groups in total. The van der Waals surface area contributed by atoms with Crippen molar-refractivity contribution in [2.75, 3.05) is 0 Å². The summed E-state index contributed by atoms with van der Waals surface area (Å²) in [5, 5.41) is 0. The monoisotopic (exact) mass is 329 g/mol. The molecule has 1 fully saturated rings. The molecule has 0 aromatic heterocycles. The molecule has 5 atom stereocenters. The summed E-state index contributed by atoms with van der Waals surface area (Å²) >= 11 is 3.21. The quantitative estimate of drug-likeness (QED) is 0.920. The zero-order valence-corrected chi connectivity index (χ0v) is 13.2. The normalized spacial score (nSPS) is 32.5. The van der Waals surface area contributed by atoms with Crippen molar-refractivity contribution in [3.8, 4) is 0 Å². The van der Waals surface area contributed by atoms with Crippen LogP contribution in [0.1, 0.15) is 26.3 Å². The lowest BCUT2D eigenvalue weighted by Gasteiger charge is -2.25. The molecule has 0 saturated carbocycles. The van der Waals surface area contributed by atoms with Crippen LogP contribution < -0.4 is 5.73 Å². The fourth-order valence-corrected chi connectivity index (χ4v) is 3.53. The highest BCUT2D eigenvalue weighted by atomic mass is 79.9. The van der Waals surface area contributed by atoms with E-state index in [1.54, 1.807) is 6.07 Å².